The lowest BCUT2D eigenvalue weighted by molar-refractivity contribution is -0.132. The molecular weight excluding hydrogens is 284 g/mol. The lowest BCUT2D eigenvalue weighted by atomic mass is 10.1. The van der Waals surface area contributed by atoms with E-state index in [9.17, 15) is 9.59 Å². The van der Waals surface area contributed by atoms with Gasteiger partial charge in [0.1, 0.15) is 5.75 Å². The number of nitrogens with one attached hydrogen (secondary N) is 1. The number of primary amides is 1. The van der Waals surface area contributed by atoms with Crippen LogP contribution in [-0.4, -0.2) is 42.2 Å². The molecule has 0 bridgehead atoms. The Bertz CT molecular complexity index is 563. The molecule has 0 aliphatic carbocycles. The molecule has 0 aromatic heterocycles. The molecule has 2 rings (SSSR count). The maximum Gasteiger partial charge on any atom is 0.332 e. The Morgan fingerprint density at radius 3 is 2.50 bits per heavy atom. The first-order valence-corrected chi connectivity index (χ1v) is 7.17. The molecule has 3 N–H and O–H groups in total. The van der Waals surface area contributed by atoms with Gasteiger partial charge in [-0.15, -0.1) is 0 Å². The van der Waals surface area contributed by atoms with Gasteiger partial charge in [0, 0.05) is 13.1 Å². The number of likely N-dealkylation sites (tertiary alicyclic amines) is 1. The molecule has 1 saturated heterocycles. The number of rotatable bonds is 5. The number of hydrogen-bond donors (Lipinski definition) is 2. The topological polar surface area (TPSA) is 97.0 Å². The van der Waals surface area contributed by atoms with Gasteiger partial charge in [0.15, 0.2) is 6.61 Å². The van der Waals surface area contributed by atoms with Crippen LogP contribution in [0.25, 0.3) is 0 Å². The highest BCUT2D eigenvalue weighted by atomic mass is 16.5. The van der Waals surface area contributed by atoms with Crippen molar-refractivity contribution in [2.24, 2.45) is 10.8 Å². The minimum absolute atomic E-state index is 0.0185. The average molecular weight is 304 g/mol. The van der Waals surface area contributed by atoms with Gasteiger partial charge in [-0.3, -0.25) is 4.79 Å². The number of urea groups is 1. The van der Waals surface area contributed by atoms with E-state index in [0.717, 1.165) is 31.5 Å². The monoisotopic (exact) mass is 304 g/mol. The van der Waals surface area contributed by atoms with Crippen LogP contribution in [0.4, 0.5) is 4.79 Å². The molecule has 1 aromatic rings. The number of amides is 3. The Labute approximate surface area is 129 Å². The van der Waals surface area contributed by atoms with E-state index < -0.39 is 6.03 Å². The summed E-state index contributed by atoms with van der Waals surface area (Å²) >= 11 is 0. The number of benzene rings is 1. The van der Waals surface area contributed by atoms with Crippen LogP contribution in [0.15, 0.2) is 29.4 Å². The molecule has 3 amide bonds. The number of nitrogens with zero attached hydrogens (tertiary/aromatic N) is 2. The van der Waals surface area contributed by atoms with E-state index in [1.165, 1.54) is 0 Å². The molecule has 1 aromatic carbocycles. The van der Waals surface area contributed by atoms with E-state index >= 15 is 0 Å². The van der Waals surface area contributed by atoms with E-state index in [1.807, 2.05) is 4.90 Å². The Hall–Kier alpha value is -2.57. The van der Waals surface area contributed by atoms with Crippen LogP contribution in [0.5, 0.6) is 5.75 Å². The second kappa shape index (κ2) is 7.44. The molecule has 7 heteroatoms. The summed E-state index contributed by atoms with van der Waals surface area (Å²) in [5, 5.41) is 3.84. The van der Waals surface area contributed by atoms with Gasteiger partial charge in [-0.25, -0.2) is 10.2 Å². The van der Waals surface area contributed by atoms with Crippen molar-refractivity contribution in [2.45, 2.75) is 19.8 Å². The molecule has 0 unspecified atom stereocenters. The number of nitrogens with two attached hydrogens (primary N) is 1. The van der Waals surface area contributed by atoms with Crippen LogP contribution in [0.3, 0.4) is 0 Å². The van der Waals surface area contributed by atoms with Gasteiger partial charge in [-0.05, 0) is 49.6 Å². The third-order valence-corrected chi connectivity index (χ3v) is 3.43. The molecule has 118 valence electrons. The summed E-state index contributed by atoms with van der Waals surface area (Å²) < 4.78 is 5.49. The molecule has 7 nitrogen and oxygen atoms in total. The molecule has 1 aliphatic heterocycles. The second-order valence-electron chi connectivity index (χ2n) is 5.07. The molecule has 22 heavy (non-hydrogen) atoms. The van der Waals surface area contributed by atoms with Crippen molar-refractivity contribution in [3.05, 3.63) is 29.8 Å². The molecule has 1 fully saturated rings. The van der Waals surface area contributed by atoms with Crippen LogP contribution < -0.4 is 15.9 Å². The minimum atomic E-state index is -0.709. The maximum absolute atomic E-state index is 11.9. The Kier molecular flexibility index (Phi) is 5.35. The van der Waals surface area contributed by atoms with Crippen molar-refractivity contribution in [1.29, 1.82) is 0 Å². The van der Waals surface area contributed by atoms with E-state index in [4.69, 9.17) is 10.5 Å². The van der Waals surface area contributed by atoms with Gasteiger partial charge in [0.05, 0.1) is 5.71 Å². The van der Waals surface area contributed by atoms with Gasteiger partial charge in [-0.1, -0.05) is 0 Å². The highest BCUT2D eigenvalue weighted by molar-refractivity contribution is 5.99. The van der Waals surface area contributed by atoms with E-state index in [-0.39, 0.29) is 12.5 Å². The summed E-state index contributed by atoms with van der Waals surface area (Å²) in [6.45, 7) is 3.45. The van der Waals surface area contributed by atoms with Crippen molar-refractivity contribution >= 4 is 17.6 Å². The molecule has 0 atom stereocenters. The summed E-state index contributed by atoms with van der Waals surface area (Å²) in [6, 6.07) is 6.42. The van der Waals surface area contributed by atoms with Gasteiger partial charge in [-0.2, -0.15) is 5.10 Å². The average Bonchev–Trinajstić information content (AvgIpc) is 3.05. The normalized spacial score (nSPS) is 14.8. The SMILES string of the molecule is C/C(=N\NC(N)=O)c1ccc(OCC(=O)N2CCCC2)cc1. The number of carbonyl (C=O) groups is 2. The van der Waals surface area contributed by atoms with Gasteiger partial charge in [0.2, 0.25) is 0 Å². The third kappa shape index (κ3) is 4.47. The fraction of sp³-hybridized carbons (Fsp3) is 0.400. The van der Waals surface area contributed by atoms with Gasteiger partial charge in [0.25, 0.3) is 5.91 Å². The van der Waals surface area contributed by atoms with Crippen LogP contribution in [0, 0.1) is 0 Å². The Morgan fingerprint density at radius 2 is 1.91 bits per heavy atom. The van der Waals surface area contributed by atoms with E-state index in [2.05, 4.69) is 10.5 Å². The smallest absolute Gasteiger partial charge is 0.332 e. The molecule has 0 radical (unpaired) electrons. The van der Waals surface area contributed by atoms with E-state index in [1.54, 1.807) is 31.2 Å². The van der Waals surface area contributed by atoms with Crippen molar-refractivity contribution < 1.29 is 14.3 Å². The first kappa shape index (κ1) is 15.8. The highest BCUT2D eigenvalue weighted by Crippen LogP contribution is 2.14. The number of ether oxygens (including phenoxy) is 1. The summed E-state index contributed by atoms with van der Waals surface area (Å²) in [7, 11) is 0. The number of hydrogen-bond acceptors (Lipinski definition) is 4. The maximum atomic E-state index is 11.9. The molecule has 1 aliphatic rings. The van der Waals surface area contributed by atoms with Gasteiger partial charge >= 0.3 is 6.03 Å². The quantitative estimate of drug-likeness (QED) is 0.629. The summed E-state index contributed by atoms with van der Waals surface area (Å²) in [4.78, 5) is 24.3. The molecule has 1 heterocycles. The Balaban J connectivity index is 1.87. The summed E-state index contributed by atoms with van der Waals surface area (Å²) in [5.41, 5.74) is 8.57. The van der Waals surface area contributed by atoms with Crippen LogP contribution in [0.2, 0.25) is 0 Å². The zero-order valence-electron chi connectivity index (χ0n) is 12.5. The minimum Gasteiger partial charge on any atom is -0.484 e. The molecule has 0 saturated carbocycles. The Morgan fingerprint density at radius 1 is 1.27 bits per heavy atom. The van der Waals surface area contributed by atoms with Crippen LogP contribution >= 0.6 is 0 Å². The van der Waals surface area contributed by atoms with Crippen molar-refractivity contribution in [3.8, 4) is 5.75 Å². The largest absolute Gasteiger partial charge is 0.484 e. The van der Waals surface area contributed by atoms with Gasteiger partial charge < -0.3 is 15.4 Å². The summed E-state index contributed by atoms with van der Waals surface area (Å²) in [6.07, 6.45) is 2.14. The first-order valence-electron chi connectivity index (χ1n) is 7.17. The van der Waals surface area contributed by atoms with Crippen LogP contribution in [0.1, 0.15) is 25.3 Å². The number of carbonyl (C=O) groups excluding carboxylic acids is 2. The second-order valence-corrected chi connectivity index (χ2v) is 5.07. The summed E-state index contributed by atoms with van der Waals surface area (Å²) in [5.74, 6) is 0.636. The predicted molar refractivity (Wildman–Crippen MR) is 82.7 cm³/mol. The third-order valence-electron chi connectivity index (χ3n) is 3.43. The lowest BCUT2D eigenvalue weighted by Gasteiger charge is -2.15. The van der Waals surface area contributed by atoms with Crippen molar-refractivity contribution in [3.63, 3.8) is 0 Å². The van der Waals surface area contributed by atoms with Crippen molar-refractivity contribution in [2.75, 3.05) is 19.7 Å². The first-order chi connectivity index (χ1) is 10.6. The number of hydrazone groups is 1. The lowest BCUT2D eigenvalue weighted by Crippen LogP contribution is -2.32. The zero-order valence-corrected chi connectivity index (χ0v) is 12.5. The molecule has 0 spiro atoms. The standard InChI is InChI=1S/C15H20N4O3/c1-11(17-18-15(16)21)12-4-6-13(7-5-12)22-10-14(20)19-8-2-3-9-19/h4-7H,2-3,8-10H2,1H3,(H3,16,18,21)/b17-11+. The predicted octanol–water partition coefficient (Wildman–Crippen LogP) is 1.08. The fourth-order valence-electron chi connectivity index (χ4n) is 2.20. The fourth-order valence-corrected chi connectivity index (χ4v) is 2.20. The van der Waals surface area contributed by atoms with Crippen LogP contribution in [-0.2, 0) is 4.79 Å². The highest BCUT2D eigenvalue weighted by Gasteiger charge is 2.17. The van der Waals surface area contributed by atoms with E-state index in [0.29, 0.717) is 11.5 Å². The van der Waals surface area contributed by atoms with Crippen molar-refractivity contribution in [1.82, 2.24) is 10.3 Å². The molecular formula is C15H20N4O3. The zero-order chi connectivity index (χ0) is 15.9.